The van der Waals surface area contributed by atoms with Gasteiger partial charge in [0.25, 0.3) is 5.91 Å². The van der Waals surface area contributed by atoms with E-state index in [1.807, 2.05) is 36.4 Å². The van der Waals surface area contributed by atoms with Gasteiger partial charge in [0, 0.05) is 16.6 Å². The average Bonchev–Trinajstić information content (AvgIpc) is 3.31. The molecule has 2 aromatic carbocycles. The Balaban J connectivity index is 1.42. The summed E-state index contributed by atoms with van der Waals surface area (Å²) in [7, 11) is 0. The number of anilines is 1. The maximum absolute atomic E-state index is 13.9. The molecule has 6 rings (SSSR count). The van der Waals surface area contributed by atoms with Crippen LogP contribution in [-0.2, 0) is 10.2 Å². The Morgan fingerprint density at radius 3 is 2.51 bits per heavy atom. The van der Waals surface area contributed by atoms with E-state index in [2.05, 4.69) is 21.7 Å². The first-order valence-electron chi connectivity index (χ1n) is 12.6. The van der Waals surface area contributed by atoms with Crippen LogP contribution in [-0.4, -0.2) is 22.3 Å². The number of amides is 2. The zero-order chi connectivity index (χ0) is 25.5. The van der Waals surface area contributed by atoms with Crippen molar-refractivity contribution in [2.45, 2.75) is 55.9 Å². The number of fused-ring (bicyclic) bond motifs is 1. The molecule has 2 amide bonds. The van der Waals surface area contributed by atoms with Gasteiger partial charge in [0.15, 0.2) is 17.9 Å². The number of furan rings is 1. The number of benzene rings is 2. The number of hydrogen-bond donors (Lipinski definition) is 2. The summed E-state index contributed by atoms with van der Waals surface area (Å²) in [6, 6.07) is 17.0. The maximum atomic E-state index is 13.9. The SMILES string of the molecule is N#CC1(NC(=O)C2(c3cc(-c4cnco4)ccc3NC(=O)c3cc4ccccc4o3)CCCCC2)CC1. The topological polar surface area (TPSA) is 121 Å². The molecule has 8 nitrogen and oxygen atoms in total. The first-order valence-corrected chi connectivity index (χ1v) is 12.6. The van der Waals surface area contributed by atoms with E-state index < -0.39 is 16.9 Å². The van der Waals surface area contributed by atoms with Crippen LogP contribution < -0.4 is 10.6 Å². The number of carbonyl (C=O) groups excluding carboxylic acids is 2. The molecule has 2 aliphatic carbocycles. The zero-order valence-corrected chi connectivity index (χ0v) is 20.3. The summed E-state index contributed by atoms with van der Waals surface area (Å²) in [6.07, 6.45) is 8.29. The highest BCUT2D eigenvalue weighted by atomic mass is 16.3. The molecular weight excluding hydrogens is 468 g/mol. The first-order chi connectivity index (χ1) is 18.0. The third-order valence-corrected chi connectivity index (χ3v) is 7.61. The second-order valence-corrected chi connectivity index (χ2v) is 10.0. The van der Waals surface area contributed by atoms with Gasteiger partial charge in [-0.3, -0.25) is 9.59 Å². The van der Waals surface area contributed by atoms with Gasteiger partial charge in [-0.1, -0.05) is 37.5 Å². The molecule has 2 saturated carbocycles. The van der Waals surface area contributed by atoms with Gasteiger partial charge in [-0.25, -0.2) is 4.98 Å². The van der Waals surface area contributed by atoms with Crippen LogP contribution in [0.5, 0.6) is 0 Å². The van der Waals surface area contributed by atoms with Crippen molar-refractivity contribution in [3.63, 3.8) is 0 Å². The lowest BCUT2D eigenvalue weighted by Crippen LogP contribution is -2.50. The van der Waals surface area contributed by atoms with Crippen LogP contribution in [0.2, 0.25) is 0 Å². The van der Waals surface area contributed by atoms with Gasteiger partial charge in [0.2, 0.25) is 5.91 Å². The minimum atomic E-state index is -0.892. The third-order valence-electron chi connectivity index (χ3n) is 7.61. The highest BCUT2D eigenvalue weighted by Gasteiger charge is 2.50. The monoisotopic (exact) mass is 494 g/mol. The van der Waals surface area contributed by atoms with Crippen molar-refractivity contribution in [2.24, 2.45) is 0 Å². The number of nitriles is 1. The standard InChI is InChI=1S/C29H26N4O4/c30-17-28(12-13-28)33-27(35)29(10-4-1-5-11-29)21-14-20(25-16-31-18-36-25)8-9-22(21)32-26(34)24-15-19-6-2-3-7-23(19)37-24/h2-3,6-9,14-16,18H,1,4-5,10-13H2,(H,32,34)(H,33,35). The predicted molar refractivity (Wildman–Crippen MR) is 137 cm³/mol. The second kappa shape index (κ2) is 8.93. The van der Waals surface area contributed by atoms with Crippen molar-refractivity contribution >= 4 is 28.5 Å². The lowest BCUT2D eigenvalue weighted by molar-refractivity contribution is -0.128. The molecule has 0 radical (unpaired) electrons. The van der Waals surface area contributed by atoms with Crippen molar-refractivity contribution in [1.29, 1.82) is 5.26 Å². The highest BCUT2D eigenvalue weighted by Crippen LogP contribution is 2.46. The zero-order valence-electron chi connectivity index (χ0n) is 20.3. The van der Waals surface area contributed by atoms with Gasteiger partial charge in [0.05, 0.1) is 17.7 Å². The number of carbonyl (C=O) groups is 2. The molecule has 0 aliphatic heterocycles. The molecule has 2 fully saturated rings. The number of hydrogen-bond acceptors (Lipinski definition) is 6. The van der Waals surface area contributed by atoms with Gasteiger partial charge in [0.1, 0.15) is 11.1 Å². The molecule has 2 aromatic heterocycles. The number of nitrogens with one attached hydrogen (secondary N) is 2. The summed E-state index contributed by atoms with van der Waals surface area (Å²) in [4.78, 5) is 31.3. The Bertz CT molecular complexity index is 1490. The van der Waals surface area contributed by atoms with E-state index in [4.69, 9.17) is 8.83 Å². The number of oxazole rings is 1. The van der Waals surface area contributed by atoms with Crippen molar-refractivity contribution in [2.75, 3.05) is 5.32 Å². The smallest absolute Gasteiger partial charge is 0.291 e. The Morgan fingerprint density at radius 1 is 1.00 bits per heavy atom. The fraction of sp³-hybridized carbons (Fsp3) is 0.310. The van der Waals surface area contributed by atoms with Crippen molar-refractivity contribution in [1.82, 2.24) is 10.3 Å². The van der Waals surface area contributed by atoms with Gasteiger partial charge in [-0.2, -0.15) is 5.26 Å². The molecule has 2 heterocycles. The Kier molecular flexibility index (Phi) is 5.56. The van der Waals surface area contributed by atoms with Gasteiger partial charge >= 0.3 is 0 Å². The molecule has 0 spiro atoms. The van der Waals surface area contributed by atoms with Crippen LogP contribution in [0.4, 0.5) is 5.69 Å². The number of rotatable bonds is 6. The van der Waals surface area contributed by atoms with E-state index in [9.17, 15) is 14.9 Å². The second-order valence-electron chi connectivity index (χ2n) is 10.0. The number of nitrogens with zero attached hydrogens (tertiary/aromatic N) is 2. The number of para-hydroxylation sites is 1. The number of aromatic nitrogens is 1. The fourth-order valence-electron chi connectivity index (χ4n) is 5.34. The van der Waals surface area contributed by atoms with E-state index in [1.165, 1.54) is 6.39 Å². The maximum Gasteiger partial charge on any atom is 0.291 e. The summed E-state index contributed by atoms with van der Waals surface area (Å²) < 4.78 is 11.3. The Labute approximate surface area is 213 Å². The van der Waals surface area contributed by atoms with Gasteiger partial charge < -0.3 is 19.5 Å². The van der Waals surface area contributed by atoms with E-state index in [1.54, 1.807) is 18.3 Å². The molecule has 0 saturated heterocycles. The molecule has 0 bridgehead atoms. The molecule has 2 N–H and O–H groups in total. The van der Waals surface area contributed by atoms with Crippen molar-refractivity contribution in [3.8, 4) is 17.4 Å². The van der Waals surface area contributed by atoms with E-state index in [-0.39, 0.29) is 11.7 Å². The molecular formula is C29H26N4O4. The third kappa shape index (κ3) is 4.16. The summed E-state index contributed by atoms with van der Waals surface area (Å²) in [5.74, 6) is 0.195. The summed E-state index contributed by atoms with van der Waals surface area (Å²) in [5.41, 5.74) is 0.944. The van der Waals surface area contributed by atoms with E-state index >= 15 is 0 Å². The lowest BCUT2D eigenvalue weighted by Gasteiger charge is -2.38. The van der Waals surface area contributed by atoms with Crippen LogP contribution in [0.3, 0.4) is 0 Å². The Hall–Kier alpha value is -4.38. The van der Waals surface area contributed by atoms with Crippen LogP contribution >= 0.6 is 0 Å². The Morgan fingerprint density at radius 2 is 1.81 bits per heavy atom. The van der Waals surface area contributed by atoms with E-state index in [0.29, 0.717) is 48.3 Å². The molecule has 4 aromatic rings. The molecule has 2 aliphatic rings. The average molecular weight is 495 g/mol. The van der Waals surface area contributed by atoms with E-state index in [0.717, 1.165) is 30.2 Å². The fourth-order valence-corrected chi connectivity index (χ4v) is 5.34. The highest BCUT2D eigenvalue weighted by molar-refractivity contribution is 6.06. The summed E-state index contributed by atoms with van der Waals surface area (Å²) in [5, 5.41) is 16.5. The normalized spacial score (nSPS) is 17.6. The molecule has 0 unspecified atom stereocenters. The quantitative estimate of drug-likeness (QED) is 0.354. The van der Waals surface area contributed by atoms with Crippen LogP contribution in [0.1, 0.15) is 61.1 Å². The molecule has 186 valence electrons. The molecule has 37 heavy (non-hydrogen) atoms. The molecule has 8 heteroatoms. The minimum absolute atomic E-state index is 0.166. The minimum Gasteiger partial charge on any atom is -0.451 e. The van der Waals surface area contributed by atoms with Crippen LogP contribution in [0, 0.1) is 11.3 Å². The van der Waals surface area contributed by atoms with Gasteiger partial charge in [-0.05, 0) is 61.6 Å². The van der Waals surface area contributed by atoms with Crippen LogP contribution in [0.25, 0.3) is 22.3 Å². The largest absolute Gasteiger partial charge is 0.451 e. The predicted octanol–water partition coefficient (Wildman–Crippen LogP) is 5.71. The summed E-state index contributed by atoms with van der Waals surface area (Å²) in [6.45, 7) is 0. The van der Waals surface area contributed by atoms with Crippen LogP contribution in [0.15, 0.2) is 70.0 Å². The molecule has 0 atom stereocenters. The van der Waals surface area contributed by atoms with Gasteiger partial charge in [-0.15, -0.1) is 0 Å². The van der Waals surface area contributed by atoms with Crippen molar-refractivity contribution < 1.29 is 18.4 Å². The lowest BCUT2D eigenvalue weighted by atomic mass is 9.67. The van der Waals surface area contributed by atoms with Crippen molar-refractivity contribution in [3.05, 3.63) is 72.4 Å². The summed E-state index contributed by atoms with van der Waals surface area (Å²) >= 11 is 0. The first kappa shape index (κ1) is 23.0.